The SMILES string of the molecule is CCNC(=NCc1cccc(C(N)=O)c1)NCc1cc(C(C)C)no1.I. The third kappa shape index (κ3) is 6.66. The molecule has 4 N–H and O–H groups in total. The van der Waals surface area contributed by atoms with Crippen LogP contribution < -0.4 is 16.4 Å². The van der Waals surface area contributed by atoms with Gasteiger partial charge in [0.1, 0.15) is 0 Å². The summed E-state index contributed by atoms with van der Waals surface area (Å²) < 4.78 is 5.31. The van der Waals surface area contributed by atoms with Crippen molar-refractivity contribution in [3.05, 3.63) is 52.9 Å². The van der Waals surface area contributed by atoms with Gasteiger partial charge in [0.25, 0.3) is 0 Å². The maximum Gasteiger partial charge on any atom is 0.248 e. The molecule has 0 fully saturated rings. The molecule has 0 bridgehead atoms. The first-order chi connectivity index (χ1) is 12.0. The molecule has 0 aliphatic carbocycles. The van der Waals surface area contributed by atoms with Gasteiger partial charge in [0.15, 0.2) is 11.7 Å². The lowest BCUT2D eigenvalue weighted by Gasteiger charge is -2.10. The van der Waals surface area contributed by atoms with Gasteiger partial charge in [0, 0.05) is 18.2 Å². The average molecular weight is 471 g/mol. The zero-order chi connectivity index (χ0) is 18.2. The summed E-state index contributed by atoms with van der Waals surface area (Å²) in [6.07, 6.45) is 0. The first-order valence-electron chi connectivity index (χ1n) is 8.36. The summed E-state index contributed by atoms with van der Waals surface area (Å²) >= 11 is 0. The number of hydrogen-bond donors (Lipinski definition) is 3. The number of guanidine groups is 1. The van der Waals surface area contributed by atoms with Crippen LogP contribution in [0.4, 0.5) is 0 Å². The molecule has 1 heterocycles. The van der Waals surface area contributed by atoms with Crippen LogP contribution in [0.2, 0.25) is 0 Å². The Morgan fingerprint density at radius 2 is 2.08 bits per heavy atom. The van der Waals surface area contributed by atoms with E-state index in [1.807, 2.05) is 19.1 Å². The van der Waals surface area contributed by atoms with Crippen LogP contribution in [0.3, 0.4) is 0 Å². The van der Waals surface area contributed by atoms with Gasteiger partial charge in [0.05, 0.1) is 18.8 Å². The van der Waals surface area contributed by atoms with Gasteiger partial charge in [-0.15, -0.1) is 24.0 Å². The molecular formula is C18H26IN5O2. The minimum absolute atomic E-state index is 0. The maximum absolute atomic E-state index is 11.2. The predicted octanol–water partition coefficient (Wildman–Crippen LogP) is 2.77. The van der Waals surface area contributed by atoms with Gasteiger partial charge >= 0.3 is 0 Å². The number of carbonyl (C=O) groups is 1. The number of aromatic nitrogens is 1. The molecular weight excluding hydrogens is 445 g/mol. The van der Waals surface area contributed by atoms with Gasteiger partial charge in [-0.05, 0) is 30.5 Å². The van der Waals surface area contributed by atoms with Gasteiger partial charge in [0.2, 0.25) is 5.91 Å². The fourth-order valence-electron chi connectivity index (χ4n) is 2.19. The Kier molecular flexibility index (Phi) is 9.11. The van der Waals surface area contributed by atoms with E-state index in [0.29, 0.717) is 30.5 Å². The first kappa shape index (κ1) is 21.9. The fourth-order valence-corrected chi connectivity index (χ4v) is 2.19. The van der Waals surface area contributed by atoms with Crippen molar-refractivity contribution in [1.29, 1.82) is 0 Å². The van der Waals surface area contributed by atoms with Crippen LogP contribution in [-0.2, 0) is 13.1 Å². The number of nitrogens with zero attached hydrogens (tertiary/aromatic N) is 2. The number of nitrogens with one attached hydrogen (secondary N) is 2. The molecule has 1 aromatic heterocycles. The van der Waals surface area contributed by atoms with Crippen LogP contribution in [0.25, 0.3) is 0 Å². The van der Waals surface area contributed by atoms with E-state index in [4.69, 9.17) is 10.3 Å². The number of hydrogen-bond acceptors (Lipinski definition) is 4. The molecule has 0 saturated heterocycles. The second kappa shape index (κ2) is 10.8. The van der Waals surface area contributed by atoms with Crippen molar-refractivity contribution in [2.75, 3.05) is 6.54 Å². The van der Waals surface area contributed by atoms with Crippen LogP contribution in [-0.4, -0.2) is 23.6 Å². The standard InChI is InChI=1S/C18H25N5O2.HI/c1-4-20-18(22-11-15-9-16(12(2)3)23-25-15)21-10-13-6-5-7-14(8-13)17(19)24;/h5-9,12H,4,10-11H2,1-3H3,(H2,19,24)(H2,20,21,22);1H. The number of halogens is 1. The van der Waals surface area contributed by atoms with Gasteiger partial charge in [-0.2, -0.15) is 0 Å². The van der Waals surface area contributed by atoms with E-state index in [1.165, 1.54) is 0 Å². The van der Waals surface area contributed by atoms with Crippen LogP contribution in [0.1, 0.15) is 54.1 Å². The smallest absolute Gasteiger partial charge is 0.248 e. The van der Waals surface area contributed by atoms with Crippen LogP contribution in [0.15, 0.2) is 39.8 Å². The third-order valence-electron chi connectivity index (χ3n) is 3.57. The topological polar surface area (TPSA) is 106 Å². The Bertz CT molecular complexity index is 743. The minimum Gasteiger partial charge on any atom is -0.366 e. The zero-order valence-corrected chi connectivity index (χ0v) is 17.6. The number of nitrogens with two attached hydrogens (primary N) is 1. The van der Waals surface area contributed by atoms with Gasteiger partial charge < -0.3 is 20.9 Å². The average Bonchev–Trinajstić information content (AvgIpc) is 3.07. The normalized spacial score (nSPS) is 11.2. The highest BCUT2D eigenvalue weighted by Crippen LogP contribution is 2.13. The number of carbonyl (C=O) groups excluding carboxylic acids is 1. The lowest BCUT2D eigenvalue weighted by Crippen LogP contribution is -2.36. The first-order valence-corrected chi connectivity index (χ1v) is 8.36. The summed E-state index contributed by atoms with van der Waals surface area (Å²) in [7, 11) is 0. The summed E-state index contributed by atoms with van der Waals surface area (Å²) in [4.78, 5) is 15.8. The van der Waals surface area contributed by atoms with Crippen LogP contribution >= 0.6 is 24.0 Å². The van der Waals surface area contributed by atoms with Crippen molar-refractivity contribution >= 4 is 35.8 Å². The molecule has 0 saturated carbocycles. The third-order valence-corrected chi connectivity index (χ3v) is 3.57. The summed E-state index contributed by atoms with van der Waals surface area (Å²) in [5, 5.41) is 10.4. The van der Waals surface area contributed by atoms with Crippen molar-refractivity contribution < 1.29 is 9.32 Å². The Labute approximate surface area is 170 Å². The molecule has 1 aromatic carbocycles. The largest absolute Gasteiger partial charge is 0.366 e. The van der Waals surface area contributed by atoms with Crippen molar-refractivity contribution in [3.63, 3.8) is 0 Å². The highest BCUT2D eigenvalue weighted by atomic mass is 127. The Morgan fingerprint density at radius 1 is 1.31 bits per heavy atom. The second-order valence-electron chi connectivity index (χ2n) is 5.99. The molecule has 2 rings (SSSR count). The molecule has 1 amide bonds. The van der Waals surface area contributed by atoms with E-state index >= 15 is 0 Å². The highest BCUT2D eigenvalue weighted by molar-refractivity contribution is 14.0. The minimum atomic E-state index is -0.442. The summed E-state index contributed by atoms with van der Waals surface area (Å²) in [6, 6.07) is 9.09. The van der Waals surface area contributed by atoms with E-state index in [0.717, 1.165) is 23.6 Å². The van der Waals surface area contributed by atoms with Crippen molar-refractivity contribution in [2.24, 2.45) is 10.7 Å². The van der Waals surface area contributed by atoms with Gasteiger partial charge in [-0.1, -0.05) is 31.1 Å². The Balaban J connectivity index is 0.00000338. The molecule has 0 aliphatic rings. The van der Waals surface area contributed by atoms with E-state index in [2.05, 4.69) is 34.6 Å². The molecule has 0 atom stereocenters. The number of primary amides is 1. The van der Waals surface area contributed by atoms with Crippen molar-refractivity contribution in [3.8, 4) is 0 Å². The Morgan fingerprint density at radius 3 is 2.69 bits per heavy atom. The summed E-state index contributed by atoms with van der Waals surface area (Å²) in [5.41, 5.74) is 7.63. The highest BCUT2D eigenvalue weighted by Gasteiger charge is 2.08. The second-order valence-corrected chi connectivity index (χ2v) is 5.99. The molecule has 0 aliphatic heterocycles. The zero-order valence-electron chi connectivity index (χ0n) is 15.3. The molecule has 0 radical (unpaired) electrons. The fraction of sp³-hybridized carbons (Fsp3) is 0.389. The van der Waals surface area contributed by atoms with E-state index in [-0.39, 0.29) is 24.0 Å². The Hall–Kier alpha value is -2.10. The molecule has 0 spiro atoms. The lowest BCUT2D eigenvalue weighted by atomic mass is 10.1. The maximum atomic E-state index is 11.2. The molecule has 26 heavy (non-hydrogen) atoms. The summed E-state index contributed by atoms with van der Waals surface area (Å²) in [5.74, 6) is 1.30. The summed E-state index contributed by atoms with van der Waals surface area (Å²) in [6.45, 7) is 7.80. The van der Waals surface area contributed by atoms with E-state index in [9.17, 15) is 4.79 Å². The number of amides is 1. The van der Waals surface area contributed by atoms with Crippen molar-refractivity contribution in [2.45, 2.75) is 39.8 Å². The van der Waals surface area contributed by atoms with Gasteiger partial charge in [-0.3, -0.25) is 4.79 Å². The molecule has 0 unspecified atom stereocenters. The van der Waals surface area contributed by atoms with Crippen molar-refractivity contribution in [1.82, 2.24) is 15.8 Å². The number of rotatable bonds is 7. The molecule has 142 valence electrons. The number of aliphatic imine (C=N–C) groups is 1. The van der Waals surface area contributed by atoms with E-state index in [1.54, 1.807) is 18.2 Å². The quantitative estimate of drug-likeness (QED) is 0.327. The van der Waals surface area contributed by atoms with Crippen LogP contribution in [0, 0.1) is 0 Å². The lowest BCUT2D eigenvalue weighted by molar-refractivity contribution is 0.1000. The van der Waals surface area contributed by atoms with Gasteiger partial charge in [-0.25, -0.2) is 4.99 Å². The predicted molar refractivity (Wildman–Crippen MR) is 113 cm³/mol. The molecule has 2 aromatic rings. The monoisotopic (exact) mass is 471 g/mol. The van der Waals surface area contributed by atoms with Crippen LogP contribution in [0.5, 0.6) is 0 Å². The molecule has 8 heteroatoms. The number of benzene rings is 1. The molecule has 7 nitrogen and oxygen atoms in total. The van der Waals surface area contributed by atoms with E-state index < -0.39 is 5.91 Å².